The van der Waals surface area contributed by atoms with Gasteiger partial charge in [0.1, 0.15) is 22.7 Å². The van der Waals surface area contributed by atoms with E-state index in [0.29, 0.717) is 29.6 Å². The first-order valence-electron chi connectivity index (χ1n) is 13.1. The number of thiazole rings is 1. The maximum atomic E-state index is 14.9. The molecule has 2 N–H and O–H groups in total. The fourth-order valence-corrected chi connectivity index (χ4v) is 6.36. The second kappa shape index (κ2) is 11.6. The Bertz CT molecular complexity index is 1260. The first-order chi connectivity index (χ1) is 18.0. The van der Waals surface area contributed by atoms with E-state index in [4.69, 9.17) is 4.98 Å². The molecule has 2 aromatic carbocycles. The van der Waals surface area contributed by atoms with Crippen LogP contribution in [0.3, 0.4) is 0 Å². The average Bonchev–Trinajstić information content (AvgIpc) is 3.45. The molecule has 1 aromatic heterocycles. The molecule has 38 heavy (non-hydrogen) atoms. The molecule has 0 radical (unpaired) electrons. The summed E-state index contributed by atoms with van der Waals surface area (Å²) >= 11 is 1.32. The van der Waals surface area contributed by atoms with Gasteiger partial charge in [-0.3, -0.25) is 4.79 Å². The van der Waals surface area contributed by atoms with Crippen LogP contribution in [0.5, 0.6) is 0 Å². The fraction of sp³-hybridized carbons (Fsp3) is 0.467. The number of halogens is 2. The van der Waals surface area contributed by atoms with Crippen LogP contribution in [0.4, 0.5) is 8.78 Å². The lowest BCUT2D eigenvalue weighted by atomic mass is 9.81. The van der Waals surface area contributed by atoms with Crippen LogP contribution in [0, 0.1) is 28.9 Å². The van der Waals surface area contributed by atoms with E-state index in [1.807, 2.05) is 51.1 Å². The second-order valence-corrected chi connectivity index (χ2v) is 12.5. The van der Waals surface area contributed by atoms with Crippen LogP contribution >= 0.6 is 11.3 Å². The number of benzene rings is 2. The SMILES string of the molecule is C[C@H](O)C(=O)N(CC1CNC[C@@H]1C)[C@@H](c1nc(-c2cc(F)ccc2F)sc1Cc1ccccc1)C(C)(C)C. The summed E-state index contributed by atoms with van der Waals surface area (Å²) in [5.41, 5.74) is 1.36. The van der Waals surface area contributed by atoms with Gasteiger partial charge in [-0.15, -0.1) is 11.3 Å². The third-order valence-corrected chi connectivity index (χ3v) is 8.34. The minimum absolute atomic E-state index is 0.102. The zero-order valence-corrected chi connectivity index (χ0v) is 23.5. The lowest BCUT2D eigenvalue weighted by molar-refractivity contribution is -0.145. The van der Waals surface area contributed by atoms with E-state index >= 15 is 0 Å². The molecule has 0 bridgehead atoms. The van der Waals surface area contributed by atoms with Crippen LogP contribution in [0.25, 0.3) is 10.6 Å². The molecule has 1 aliphatic heterocycles. The van der Waals surface area contributed by atoms with E-state index < -0.39 is 29.2 Å². The highest BCUT2D eigenvalue weighted by atomic mass is 32.1. The number of aromatic nitrogens is 1. The molecule has 0 aliphatic carbocycles. The summed E-state index contributed by atoms with van der Waals surface area (Å²) in [6, 6.07) is 12.8. The van der Waals surface area contributed by atoms with Gasteiger partial charge < -0.3 is 15.3 Å². The van der Waals surface area contributed by atoms with Gasteiger partial charge in [0.25, 0.3) is 5.91 Å². The highest BCUT2D eigenvalue weighted by Gasteiger charge is 2.41. The van der Waals surface area contributed by atoms with Gasteiger partial charge in [0.05, 0.1) is 11.7 Å². The molecule has 4 rings (SSSR count). The smallest absolute Gasteiger partial charge is 0.251 e. The molecule has 1 unspecified atom stereocenters. The van der Waals surface area contributed by atoms with E-state index in [1.165, 1.54) is 24.3 Å². The summed E-state index contributed by atoms with van der Waals surface area (Å²) in [6.07, 6.45) is -0.643. The molecule has 0 spiro atoms. The van der Waals surface area contributed by atoms with Gasteiger partial charge in [0.2, 0.25) is 0 Å². The fourth-order valence-electron chi connectivity index (χ4n) is 5.21. The van der Waals surface area contributed by atoms with E-state index in [1.54, 1.807) is 4.90 Å². The summed E-state index contributed by atoms with van der Waals surface area (Å²) in [5, 5.41) is 14.2. The van der Waals surface area contributed by atoms with Crippen molar-refractivity contribution in [3.63, 3.8) is 0 Å². The number of amides is 1. The monoisotopic (exact) mass is 541 g/mol. The van der Waals surface area contributed by atoms with Crippen molar-refractivity contribution >= 4 is 17.2 Å². The zero-order valence-electron chi connectivity index (χ0n) is 22.7. The summed E-state index contributed by atoms with van der Waals surface area (Å²) in [7, 11) is 0. The zero-order chi connectivity index (χ0) is 27.6. The quantitative estimate of drug-likeness (QED) is 0.377. The largest absolute Gasteiger partial charge is 0.384 e. The number of hydrogen-bond acceptors (Lipinski definition) is 5. The molecule has 1 fully saturated rings. The van der Waals surface area contributed by atoms with Gasteiger partial charge in [-0.05, 0) is 61.0 Å². The molecule has 0 saturated carbocycles. The predicted molar refractivity (Wildman–Crippen MR) is 148 cm³/mol. The Morgan fingerprint density at radius 3 is 2.50 bits per heavy atom. The standard InChI is InChI=1S/C30H37F2N3O2S/c1-18-15-33-16-21(18)17-35(29(37)19(2)36)27(30(3,4)5)26-25(13-20-9-7-6-8-10-20)38-28(34-26)23-14-22(31)11-12-24(23)32/h6-12,14,18-19,21,27,33,36H,13,15-17H2,1-5H3/t18-,19-,21?,27-/m0/s1. The van der Waals surface area contributed by atoms with Crippen molar-refractivity contribution in [2.24, 2.45) is 17.3 Å². The summed E-state index contributed by atoms with van der Waals surface area (Å²) < 4.78 is 29.0. The molecule has 3 aromatic rings. The summed E-state index contributed by atoms with van der Waals surface area (Å²) in [4.78, 5) is 21.1. The maximum Gasteiger partial charge on any atom is 0.251 e. The molecule has 1 amide bonds. The summed E-state index contributed by atoms with van der Waals surface area (Å²) in [5.74, 6) is -0.854. The third-order valence-electron chi connectivity index (χ3n) is 7.23. The lowest BCUT2D eigenvalue weighted by Gasteiger charge is -2.42. The Morgan fingerprint density at radius 1 is 1.18 bits per heavy atom. The van der Waals surface area contributed by atoms with Crippen molar-refractivity contribution < 1.29 is 18.7 Å². The number of aliphatic hydroxyl groups excluding tert-OH is 1. The number of rotatable bonds is 8. The highest BCUT2D eigenvalue weighted by Crippen LogP contribution is 2.44. The highest BCUT2D eigenvalue weighted by molar-refractivity contribution is 7.15. The van der Waals surface area contributed by atoms with Crippen molar-refractivity contribution in [1.29, 1.82) is 0 Å². The van der Waals surface area contributed by atoms with Crippen molar-refractivity contribution in [2.75, 3.05) is 19.6 Å². The second-order valence-electron chi connectivity index (χ2n) is 11.4. The Balaban J connectivity index is 1.88. The van der Waals surface area contributed by atoms with Crippen molar-refractivity contribution in [3.8, 4) is 10.6 Å². The van der Waals surface area contributed by atoms with Crippen molar-refractivity contribution in [3.05, 3.63) is 76.3 Å². The van der Waals surface area contributed by atoms with Crippen LogP contribution < -0.4 is 5.32 Å². The molecular formula is C30H37F2N3O2S. The topological polar surface area (TPSA) is 65.5 Å². The Labute approximate surface area is 227 Å². The molecule has 8 heteroatoms. The lowest BCUT2D eigenvalue weighted by Crippen LogP contribution is -2.48. The minimum Gasteiger partial charge on any atom is -0.384 e. The molecule has 204 valence electrons. The van der Waals surface area contributed by atoms with Crippen molar-refractivity contribution in [2.45, 2.75) is 53.2 Å². The van der Waals surface area contributed by atoms with E-state index in [9.17, 15) is 18.7 Å². The Hall–Kier alpha value is -2.68. The van der Waals surface area contributed by atoms with Crippen molar-refractivity contribution in [1.82, 2.24) is 15.2 Å². The minimum atomic E-state index is -1.18. The van der Waals surface area contributed by atoms with Gasteiger partial charge in [-0.1, -0.05) is 58.0 Å². The molecule has 5 nitrogen and oxygen atoms in total. The van der Waals surface area contributed by atoms with Crippen LogP contribution in [0.2, 0.25) is 0 Å². The van der Waals surface area contributed by atoms with Crippen LogP contribution in [-0.4, -0.2) is 46.6 Å². The van der Waals surface area contributed by atoms with E-state index in [2.05, 4.69) is 12.2 Å². The van der Waals surface area contributed by atoms with Gasteiger partial charge in [-0.2, -0.15) is 0 Å². The van der Waals surface area contributed by atoms with Gasteiger partial charge >= 0.3 is 0 Å². The predicted octanol–water partition coefficient (Wildman–Crippen LogP) is 5.83. The first-order valence-corrected chi connectivity index (χ1v) is 14.0. The number of hydrogen-bond donors (Lipinski definition) is 2. The number of nitrogens with zero attached hydrogens (tertiary/aromatic N) is 2. The third kappa shape index (κ3) is 6.30. The number of carbonyl (C=O) groups is 1. The molecule has 4 atom stereocenters. The number of aliphatic hydroxyl groups is 1. The Kier molecular flexibility index (Phi) is 8.65. The molecular weight excluding hydrogens is 504 g/mol. The average molecular weight is 542 g/mol. The molecule has 1 saturated heterocycles. The molecule has 1 aliphatic rings. The first kappa shape index (κ1) is 28.3. The number of carbonyl (C=O) groups excluding carboxylic acids is 1. The molecule has 2 heterocycles. The van der Waals surface area contributed by atoms with Crippen LogP contribution in [0.1, 0.15) is 56.8 Å². The summed E-state index contributed by atoms with van der Waals surface area (Å²) in [6.45, 7) is 11.9. The normalized spacial score (nSPS) is 19.4. The van der Waals surface area contributed by atoms with E-state index in [0.717, 1.165) is 35.7 Å². The van der Waals surface area contributed by atoms with Gasteiger partial charge in [-0.25, -0.2) is 13.8 Å². The van der Waals surface area contributed by atoms with Gasteiger partial charge in [0.15, 0.2) is 0 Å². The van der Waals surface area contributed by atoms with Gasteiger partial charge in [0, 0.05) is 23.4 Å². The van der Waals surface area contributed by atoms with Crippen LogP contribution in [0.15, 0.2) is 48.5 Å². The Morgan fingerprint density at radius 2 is 1.89 bits per heavy atom. The van der Waals surface area contributed by atoms with E-state index in [-0.39, 0.29) is 17.4 Å². The maximum absolute atomic E-state index is 14.9. The number of nitrogens with one attached hydrogen (secondary N) is 1. The van der Waals surface area contributed by atoms with Crippen LogP contribution in [-0.2, 0) is 11.2 Å².